The summed E-state index contributed by atoms with van der Waals surface area (Å²) in [5.74, 6) is 4.43. The van der Waals surface area contributed by atoms with Crippen LogP contribution in [-0.2, 0) is 6.42 Å². The molecule has 0 bridgehead atoms. The molecule has 1 aromatic rings. The highest BCUT2D eigenvalue weighted by atomic mass is 32.2. The number of anilines is 1. The average Bonchev–Trinajstić information content (AvgIpc) is 2.46. The topological polar surface area (TPSA) is 21.3 Å². The van der Waals surface area contributed by atoms with Crippen LogP contribution >= 0.6 is 11.8 Å². The van der Waals surface area contributed by atoms with E-state index in [4.69, 9.17) is 4.74 Å². The number of thioether (sulfide) groups is 1. The molecule has 2 aliphatic heterocycles. The minimum Gasteiger partial charge on any atom is -0.491 e. The van der Waals surface area contributed by atoms with Crippen molar-refractivity contribution in [2.75, 3.05) is 30.0 Å². The lowest BCUT2D eigenvalue weighted by Gasteiger charge is -2.24. The first-order chi connectivity index (χ1) is 8.93. The number of nitrogens with one attached hydrogen (secondary N) is 1. The second-order valence-corrected chi connectivity index (χ2v) is 6.41. The van der Waals surface area contributed by atoms with Crippen molar-refractivity contribution in [3.63, 3.8) is 0 Å². The Morgan fingerprint density at radius 1 is 1.28 bits per heavy atom. The van der Waals surface area contributed by atoms with Gasteiger partial charge in [-0.2, -0.15) is 11.8 Å². The Morgan fingerprint density at radius 3 is 3.06 bits per heavy atom. The Labute approximate surface area is 113 Å². The number of hydrogen-bond donors (Lipinski definition) is 1. The summed E-state index contributed by atoms with van der Waals surface area (Å²) in [6.07, 6.45) is 5.04. The summed E-state index contributed by atoms with van der Waals surface area (Å²) in [5.41, 5.74) is 2.66. The Balaban J connectivity index is 1.65. The third-order valence-electron chi connectivity index (χ3n) is 3.85. The standard InChI is InChI=1S/C15H21NOS/c1-3-13-4-2-8-16-15(13)14(5-1)17-11-12-6-9-18-10-7-12/h1,3,5,12,16H,2,4,6-11H2. The van der Waals surface area contributed by atoms with E-state index in [0.717, 1.165) is 24.8 Å². The normalized spacial score (nSPS) is 20.0. The zero-order valence-corrected chi connectivity index (χ0v) is 11.6. The molecule has 0 amide bonds. The fourth-order valence-electron chi connectivity index (χ4n) is 2.72. The molecule has 2 heterocycles. The maximum atomic E-state index is 6.07. The van der Waals surface area contributed by atoms with Gasteiger partial charge in [0.25, 0.3) is 0 Å². The van der Waals surface area contributed by atoms with E-state index in [0.29, 0.717) is 0 Å². The molecule has 0 radical (unpaired) electrons. The molecular weight excluding hydrogens is 242 g/mol. The summed E-state index contributed by atoms with van der Waals surface area (Å²) in [7, 11) is 0. The first-order valence-corrected chi connectivity index (χ1v) is 8.15. The van der Waals surface area contributed by atoms with Crippen molar-refractivity contribution < 1.29 is 4.74 Å². The predicted molar refractivity (Wildman–Crippen MR) is 78.8 cm³/mol. The van der Waals surface area contributed by atoms with Crippen molar-refractivity contribution in [2.24, 2.45) is 5.92 Å². The van der Waals surface area contributed by atoms with Crippen LogP contribution in [0.3, 0.4) is 0 Å². The quantitative estimate of drug-likeness (QED) is 0.901. The van der Waals surface area contributed by atoms with Gasteiger partial charge in [-0.3, -0.25) is 0 Å². The summed E-state index contributed by atoms with van der Waals surface area (Å²) in [6, 6.07) is 6.44. The van der Waals surface area contributed by atoms with Gasteiger partial charge in [0, 0.05) is 6.54 Å². The Hall–Kier alpha value is -0.830. The number of rotatable bonds is 3. The minimum absolute atomic E-state index is 0.755. The maximum absolute atomic E-state index is 6.07. The number of para-hydroxylation sites is 1. The van der Waals surface area contributed by atoms with Crippen LogP contribution < -0.4 is 10.1 Å². The van der Waals surface area contributed by atoms with Crippen molar-refractivity contribution in [1.29, 1.82) is 0 Å². The van der Waals surface area contributed by atoms with Crippen LogP contribution in [0.1, 0.15) is 24.8 Å². The molecule has 0 saturated carbocycles. The summed E-state index contributed by atoms with van der Waals surface area (Å²) < 4.78 is 6.07. The van der Waals surface area contributed by atoms with E-state index >= 15 is 0 Å². The average molecular weight is 263 g/mol. The smallest absolute Gasteiger partial charge is 0.142 e. The van der Waals surface area contributed by atoms with Gasteiger partial charge in [-0.05, 0) is 54.7 Å². The predicted octanol–water partition coefficient (Wildman–Crippen LogP) is 3.57. The molecule has 2 nitrogen and oxygen atoms in total. The Bertz CT molecular complexity index is 401. The van der Waals surface area contributed by atoms with E-state index in [2.05, 4.69) is 35.3 Å². The molecule has 1 saturated heterocycles. The fourth-order valence-corrected chi connectivity index (χ4v) is 3.92. The molecule has 3 heteroatoms. The molecule has 98 valence electrons. The second kappa shape index (κ2) is 5.87. The number of hydrogen-bond acceptors (Lipinski definition) is 3. The van der Waals surface area contributed by atoms with Crippen molar-refractivity contribution >= 4 is 17.4 Å². The third-order valence-corrected chi connectivity index (χ3v) is 4.90. The van der Waals surface area contributed by atoms with Gasteiger partial charge in [-0.1, -0.05) is 12.1 Å². The van der Waals surface area contributed by atoms with Crippen molar-refractivity contribution in [3.8, 4) is 5.75 Å². The van der Waals surface area contributed by atoms with Gasteiger partial charge in [0.1, 0.15) is 5.75 Å². The number of ether oxygens (including phenoxy) is 1. The molecule has 0 aliphatic carbocycles. The maximum Gasteiger partial charge on any atom is 0.142 e. The van der Waals surface area contributed by atoms with Crippen molar-refractivity contribution in [1.82, 2.24) is 0 Å². The van der Waals surface area contributed by atoms with Crippen LogP contribution in [0, 0.1) is 5.92 Å². The first kappa shape index (κ1) is 12.2. The molecule has 0 aromatic heterocycles. The van der Waals surface area contributed by atoms with E-state index in [1.165, 1.54) is 48.4 Å². The highest BCUT2D eigenvalue weighted by Gasteiger charge is 2.17. The molecule has 2 aliphatic rings. The molecule has 1 fully saturated rings. The lowest BCUT2D eigenvalue weighted by atomic mass is 10.0. The van der Waals surface area contributed by atoms with Gasteiger partial charge in [-0.15, -0.1) is 0 Å². The minimum atomic E-state index is 0.755. The fraction of sp³-hybridized carbons (Fsp3) is 0.600. The van der Waals surface area contributed by atoms with Crippen molar-refractivity contribution in [2.45, 2.75) is 25.7 Å². The van der Waals surface area contributed by atoms with Gasteiger partial charge in [0.05, 0.1) is 12.3 Å². The van der Waals surface area contributed by atoms with E-state index < -0.39 is 0 Å². The van der Waals surface area contributed by atoms with Gasteiger partial charge in [0.2, 0.25) is 0 Å². The monoisotopic (exact) mass is 263 g/mol. The van der Waals surface area contributed by atoms with Gasteiger partial charge >= 0.3 is 0 Å². The third kappa shape index (κ3) is 2.77. The van der Waals surface area contributed by atoms with E-state index in [1.54, 1.807) is 0 Å². The van der Waals surface area contributed by atoms with Gasteiger partial charge in [-0.25, -0.2) is 0 Å². The summed E-state index contributed by atoms with van der Waals surface area (Å²) in [6.45, 7) is 1.96. The van der Waals surface area contributed by atoms with E-state index in [1.807, 2.05) is 0 Å². The van der Waals surface area contributed by atoms with Crippen LogP contribution in [0.2, 0.25) is 0 Å². The molecular formula is C15H21NOS. The van der Waals surface area contributed by atoms with Crippen LogP contribution in [0.25, 0.3) is 0 Å². The highest BCUT2D eigenvalue weighted by molar-refractivity contribution is 7.99. The molecule has 1 aromatic carbocycles. The zero-order valence-electron chi connectivity index (χ0n) is 10.8. The van der Waals surface area contributed by atoms with Crippen LogP contribution in [0.5, 0.6) is 5.75 Å². The Morgan fingerprint density at radius 2 is 2.17 bits per heavy atom. The molecule has 18 heavy (non-hydrogen) atoms. The molecule has 0 atom stereocenters. The molecule has 0 spiro atoms. The summed E-state index contributed by atoms with van der Waals surface area (Å²) in [4.78, 5) is 0. The lowest BCUT2D eigenvalue weighted by Crippen LogP contribution is -2.19. The number of benzene rings is 1. The Kier molecular flexibility index (Phi) is 3.99. The first-order valence-electron chi connectivity index (χ1n) is 7.00. The van der Waals surface area contributed by atoms with Crippen LogP contribution in [-0.4, -0.2) is 24.7 Å². The molecule has 3 rings (SSSR count). The van der Waals surface area contributed by atoms with Crippen molar-refractivity contribution in [3.05, 3.63) is 23.8 Å². The largest absolute Gasteiger partial charge is 0.491 e. The summed E-state index contributed by atoms with van der Waals surface area (Å²) >= 11 is 2.08. The lowest BCUT2D eigenvalue weighted by molar-refractivity contribution is 0.241. The number of fused-ring (bicyclic) bond motifs is 1. The number of aryl methyl sites for hydroxylation is 1. The SMILES string of the molecule is c1cc2c(c(OCC3CCSCC3)c1)NCCC2. The molecule has 1 N–H and O–H groups in total. The van der Waals surface area contributed by atoms with E-state index in [-0.39, 0.29) is 0 Å². The highest BCUT2D eigenvalue weighted by Crippen LogP contribution is 2.33. The van der Waals surface area contributed by atoms with Crippen LogP contribution in [0.15, 0.2) is 18.2 Å². The van der Waals surface area contributed by atoms with Gasteiger partial charge in [0.15, 0.2) is 0 Å². The second-order valence-electron chi connectivity index (χ2n) is 5.19. The molecule has 0 unspecified atom stereocenters. The summed E-state index contributed by atoms with van der Waals surface area (Å²) in [5, 5.41) is 3.49. The zero-order chi connectivity index (χ0) is 12.2. The van der Waals surface area contributed by atoms with Gasteiger partial charge < -0.3 is 10.1 Å². The van der Waals surface area contributed by atoms with E-state index in [9.17, 15) is 0 Å². The van der Waals surface area contributed by atoms with Crippen LogP contribution in [0.4, 0.5) is 5.69 Å².